The van der Waals surface area contributed by atoms with Gasteiger partial charge in [0.05, 0.1) is 23.6 Å². The van der Waals surface area contributed by atoms with E-state index in [1.807, 2.05) is 19.1 Å². The van der Waals surface area contributed by atoms with Crippen LogP contribution in [0.5, 0.6) is 0 Å². The lowest BCUT2D eigenvalue weighted by molar-refractivity contribution is -0.118. The second-order valence-corrected chi connectivity index (χ2v) is 5.66. The third kappa shape index (κ3) is 1.81. The number of anilines is 1. The topological polar surface area (TPSA) is 69.8 Å². The number of carbonyl (C=O) groups excluding carboxylic acids is 1. The number of aromatic amines is 1. The molecule has 1 aliphatic heterocycles. The molecule has 1 aromatic carbocycles. The average Bonchev–Trinajstić information content (AvgIpc) is 2.80. The number of hydrogen-bond donors (Lipinski definition) is 3. The normalized spacial score (nSPS) is 28.4. The van der Waals surface area contributed by atoms with E-state index in [1.165, 1.54) is 6.42 Å². The van der Waals surface area contributed by atoms with Crippen LogP contribution >= 0.6 is 0 Å². The number of imidazole rings is 1. The minimum atomic E-state index is -0.0433. The molecule has 1 saturated heterocycles. The largest absolute Gasteiger partial charge is 0.345 e. The molecule has 1 saturated carbocycles. The molecule has 4 rings (SSSR count). The second kappa shape index (κ2) is 3.81. The van der Waals surface area contributed by atoms with E-state index in [0.717, 1.165) is 34.6 Å². The van der Waals surface area contributed by atoms with Crippen molar-refractivity contribution in [2.24, 2.45) is 5.92 Å². The van der Waals surface area contributed by atoms with Gasteiger partial charge in [-0.2, -0.15) is 0 Å². The Bertz CT molecular complexity index is 653. The van der Waals surface area contributed by atoms with Gasteiger partial charge < -0.3 is 15.6 Å². The first-order chi connectivity index (χ1) is 9.20. The second-order valence-electron chi connectivity index (χ2n) is 5.66. The number of piperidine rings is 1. The van der Waals surface area contributed by atoms with E-state index in [-0.39, 0.29) is 11.9 Å². The SMILES string of the molecule is Cc1cc(NC(=O)[C@@H]2C[C@H]3C[C@H]3N2)c2nc[nH]c2c1. The van der Waals surface area contributed by atoms with Crippen LogP contribution in [0.1, 0.15) is 18.4 Å². The molecule has 1 amide bonds. The Morgan fingerprint density at radius 3 is 3.11 bits per heavy atom. The number of nitrogens with one attached hydrogen (secondary N) is 3. The summed E-state index contributed by atoms with van der Waals surface area (Å²) >= 11 is 0. The van der Waals surface area contributed by atoms with Crippen LogP contribution in [0.2, 0.25) is 0 Å². The highest BCUT2D eigenvalue weighted by molar-refractivity contribution is 6.02. The highest BCUT2D eigenvalue weighted by atomic mass is 16.2. The van der Waals surface area contributed by atoms with Crippen LogP contribution in [0.15, 0.2) is 18.5 Å². The molecular formula is C14H16N4O. The van der Waals surface area contributed by atoms with Crippen molar-refractivity contribution in [2.45, 2.75) is 31.8 Å². The number of nitrogens with zero attached hydrogens (tertiary/aromatic N) is 1. The summed E-state index contributed by atoms with van der Waals surface area (Å²) in [7, 11) is 0. The Morgan fingerprint density at radius 1 is 1.42 bits per heavy atom. The first kappa shape index (κ1) is 11.0. The van der Waals surface area contributed by atoms with Crippen LogP contribution < -0.4 is 10.6 Å². The minimum Gasteiger partial charge on any atom is -0.345 e. The number of carbonyl (C=O) groups is 1. The summed E-state index contributed by atoms with van der Waals surface area (Å²) in [6.07, 6.45) is 3.85. The van der Waals surface area contributed by atoms with Gasteiger partial charge in [-0.1, -0.05) is 0 Å². The van der Waals surface area contributed by atoms with Crippen LogP contribution in [-0.2, 0) is 4.79 Å². The molecule has 98 valence electrons. The van der Waals surface area contributed by atoms with Gasteiger partial charge >= 0.3 is 0 Å². The summed E-state index contributed by atoms with van der Waals surface area (Å²) in [4.78, 5) is 19.6. The van der Waals surface area contributed by atoms with Crippen molar-refractivity contribution in [1.82, 2.24) is 15.3 Å². The minimum absolute atomic E-state index is 0.0433. The highest BCUT2D eigenvalue weighted by Crippen LogP contribution is 2.40. The van der Waals surface area contributed by atoms with Crippen LogP contribution in [0.4, 0.5) is 5.69 Å². The summed E-state index contributed by atoms with van der Waals surface area (Å²) in [6, 6.07) is 4.54. The highest BCUT2D eigenvalue weighted by Gasteiger charge is 2.47. The fourth-order valence-electron chi connectivity index (χ4n) is 3.03. The maximum atomic E-state index is 12.2. The quantitative estimate of drug-likeness (QED) is 0.763. The van der Waals surface area contributed by atoms with Gasteiger partial charge in [0.1, 0.15) is 5.52 Å². The van der Waals surface area contributed by atoms with Crippen molar-refractivity contribution in [3.63, 3.8) is 0 Å². The van der Waals surface area contributed by atoms with E-state index < -0.39 is 0 Å². The summed E-state index contributed by atoms with van der Waals surface area (Å²) in [5, 5.41) is 6.38. The summed E-state index contributed by atoms with van der Waals surface area (Å²) in [5.41, 5.74) is 3.68. The zero-order chi connectivity index (χ0) is 13.0. The van der Waals surface area contributed by atoms with Gasteiger partial charge in [0.25, 0.3) is 0 Å². The van der Waals surface area contributed by atoms with Crippen molar-refractivity contribution in [1.29, 1.82) is 0 Å². The number of benzene rings is 1. The molecule has 0 bridgehead atoms. The summed E-state index contributed by atoms with van der Waals surface area (Å²) < 4.78 is 0. The number of rotatable bonds is 2. The molecule has 3 N–H and O–H groups in total. The van der Waals surface area contributed by atoms with E-state index in [2.05, 4.69) is 20.6 Å². The first-order valence-corrected chi connectivity index (χ1v) is 6.71. The number of H-pyrrole nitrogens is 1. The Kier molecular flexibility index (Phi) is 2.20. The van der Waals surface area contributed by atoms with Gasteiger partial charge in [-0.3, -0.25) is 4.79 Å². The Labute approximate surface area is 110 Å². The number of hydrogen-bond acceptors (Lipinski definition) is 3. The van der Waals surface area contributed by atoms with E-state index in [1.54, 1.807) is 6.33 Å². The van der Waals surface area contributed by atoms with Crippen molar-refractivity contribution < 1.29 is 4.79 Å². The first-order valence-electron chi connectivity index (χ1n) is 6.71. The predicted molar refractivity (Wildman–Crippen MR) is 72.9 cm³/mol. The Balaban J connectivity index is 1.60. The fraction of sp³-hybridized carbons (Fsp3) is 0.429. The molecule has 0 spiro atoms. The summed E-state index contributed by atoms with van der Waals surface area (Å²) in [5.74, 6) is 0.778. The smallest absolute Gasteiger partial charge is 0.241 e. The third-order valence-electron chi connectivity index (χ3n) is 4.12. The van der Waals surface area contributed by atoms with E-state index in [9.17, 15) is 4.79 Å². The predicted octanol–water partition coefficient (Wildman–Crippen LogP) is 1.56. The van der Waals surface area contributed by atoms with E-state index in [4.69, 9.17) is 0 Å². The standard InChI is InChI=1S/C14H16N4O/c1-7-2-10-13(16-6-15-10)11(3-7)18-14(19)12-5-8-4-9(8)17-12/h2-3,6,8-9,12,17H,4-5H2,1H3,(H,15,16)(H,18,19)/t8-,9-,12+/m1/s1. The van der Waals surface area contributed by atoms with Gasteiger partial charge in [-0.25, -0.2) is 4.98 Å². The van der Waals surface area contributed by atoms with E-state index in [0.29, 0.717) is 6.04 Å². The maximum absolute atomic E-state index is 12.2. The van der Waals surface area contributed by atoms with E-state index >= 15 is 0 Å². The van der Waals surface area contributed by atoms with Crippen LogP contribution in [0, 0.1) is 12.8 Å². The molecule has 0 unspecified atom stereocenters. The van der Waals surface area contributed by atoms with Crippen molar-refractivity contribution in [3.8, 4) is 0 Å². The number of fused-ring (bicyclic) bond motifs is 2. The lowest BCUT2D eigenvalue weighted by Crippen LogP contribution is -2.38. The lowest BCUT2D eigenvalue weighted by atomic mass is 10.1. The lowest BCUT2D eigenvalue weighted by Gasteiger charge is -2.14. The van der Waals surface area contributed by atoms with Gasteiger partial charge in [-0.05, 0) is 43.4 Å². The Morgan fingerprint density at radius 2 is 2.32 bits per heavy atom. The molecule has 2 aromatic rings. The zero-order valence-corrected chi connectivity index (χ0v) is 10.7. The monoisotopic (exact) mass is 256 g/mol. The molecule has 5 nitrogen and oxygen atoms in total. The Hall–Kier alpha value is -1.88. The molecule has 5 heteroatoms. The van der Waals surface area contributed by atoms with Gasteiger partial charge in [0, 0.05) is 6.04 Å². The molecule has 19 heavy (non-hydrogen) atoms. The van der Waals surface area contributed by atoms with Crippen molar-refractivity contribution >= 4 is 22.6 Å². The molecule has 1 aliphatic carbocycles. The van der Waals surface area contributed by atoms with Crippen LogP contribution in [-0.4, -0.2) is 28.0 Å². The van der Waals surface area contributed by atoms with Gasteiger partial charge in [0.2, 0.25) is 5.91 Å². The summed E-state index contributed by atoms with van der Waals surface area (Å²) in [6.45, 7) is 2.01. The van der Waals surface area contributed by atoms with Gasteiger partial charge in [0.15, 0.2) is 0 Å². The van der Waals surface area contributed by atoms with Crippen LogP contribution in [0.3, 0.4) is 0 Å². The molecule has 2 heterocycles. The zero-order valence-electron chi connectivity index (χ0n) is 10.7. The molecule has 2 fully saturated rings. The third-order valence-corrected chi connectivity index (χ3v) is 4.12. The van der Waals surface area contributed by atoms with Crippen molar-refractivity contribution in [3.05, 3.63) is 24.0 Å². The number of aryl methyl sites for hydroxylation is 1. The number of aromatic nitrogens is 2. The van der Waals surface area contributed by atoms with Crippen molar-refractivity contribution in [2.75, 3.05) is 5.32 Å². The molecular weight excluding hydrogens is 240 g/mol. The number of amides is 1. The van der Waals surface area contributed by atoms with Gasteiger partial charge in [-0.15, -0.1) is 0 Å². The average molecular weight is 256 g/mol. The molecule has 3 atom stereocenters. The van der Waals surface area contributed by atoms with Crippen LogP contribution in [0.25, 0.3) is 11.0 Å². The maximum Gasteiger partial charge on any atom is 0.241 e. The molecule has 1 aromatic heterocycles. The molecule has 0 radical (unpaired) electrons. The molecule has 2 aliphatic rings. The fourth-order valence-corrected chi connectivity index (χ4v) is 3.03.